The predicted octanol–water partition coefficient (Wildman–Crippen LogP) is 2.12. The van der Waals surface area contributed by atoms with E-state index >= 15 is 0 Å². The molecule has 0 fully saturated rings. The van der Waals surface area contributed by atoms with Crippen LogP contribution in [0.5, 0.6) is 0 Å². The molecule has 2 heterocycles. The van der Waals surface area contributed by atoms with Gasteiger partial charge in [0, 0.05) is 13.2 Å². The summed E-state index contributed by atoms with van der Waals surface area (Å²) in [6, 6.07) is 0. The van der Waals surface area contributed by atoms with Gasteiger partial charge in [0.15, 0.2) is 11.5 Å². The molecule has 2 rings (SSSR count). The number of ether oxygens (including phenoxy) is 1. The molecule has 2 aromatic heterocycles. The first kappa shape index (κ1) is 19.3. The Kier molecular flexibility index (Phi) is 5.56. The van der Waals surface area contributed by atoms with Gasteiger partial charge < -0.3 is 15.2 Å². The van der Waals surface area contributed by atoms with E-state index in [2.05, 4.69) is 10.4 Å². The molecule has 2 aromatic rings. The second kappa shape index (κ2) is 7.48. The third-order valence-electron chi connectivity index (χ3n) is 3.45. The van der Waals surface area contributed by atoms with Crippen LogP contribution < -0.4 is 5.32 Å². The molecule has 1 amide bonds. The maximum absolute atomic E-state index is 12.5. The fraction of sp³-hybridized carbons (Fsp3) is 0.312. The number of carboxylic acids is 1. The van der Waals surface area contributed by atoms with E-state index < -0.39 is 17.8 Å². The van der Waals surface area contributed by atoms with Crippen LogP contribution in [0.2, 0.25) is 0 Å². The van der Waals surface area contributed by atoms with Gasteiger partial charge in [-0.15, -0.1) is 11.3 Å². The van der Waals surface area contributed by atoms with Crippen LogP contribution in [0, 0.1) is 6.92 Å². The number of rotatable bonds is 6. The number of hydrogen-bond acceptors (Lipinski definition) is 7. The summed E-state index contributed by atoms with van der Waals surface area (Å²) in [5, 5.41) is 15.6. The lowest BCUT2D eigenvalue weighted by Crippen LogP contribution is -2.18. The normalized spacial score (nSPS) is 10.5. The minimum absolute atomic E-state index is 0.0724. The van der Waals surface area contributed by atoms with Crippen molar-refractivity contribution in [3.63, 3.8) is 0 Å². The summed E-state index contributed by atoms with van der Waals surface area (Å²) in [5.74, 6) is -3.04. The largest absolute Gasteiger partial charge is 0.478 e. The Labute approximate surface area is 152 Å². The maximum atomic E-state index is 12.5. The van der Waals surface area contributed by atoms with Crippen molar-refractivity contribution in [1.29, 1.82) is 0 Å². The van der Waals surface area contributed by atoms with Crippen molar-refractivity contribution < 1.29 is 29.0 Å². The molecule has 26 heavy (non-hydrogen) atoms. The van der Waals surface area contributed by atoms with Gasteiger partial charge in [0.25, 0.3) is 5.91 Å². The highest BCUT2D eigenvalue weighted by molar-refractivity contribution is 7.18. The summed E-state index contributed by atoms with van der Waals surface area (Å²) in [6.45, 7) is 4.69. The number of anilines is 1. The van der Waals surface area contributed by atoms with Gasteiger partial charge in [0.05, 0.1) is 17.0 Å². The average Bonchev–Trinajstić information content (AvgIpc) is 3.08. The van der Waals surface area contributed by atoms with E-state index in [4.69, 9.17) is 4.74 Å². The van der Waals surface area contributed by atoms with Crippen LogP contribution in [0.1, 0.15) is 60.3 Å². The Morgan fingerprint density at radius 2 is 2.00 bits per heavy atom. The van der Waals surface area contributed by atoms with Crippen molar-refractivity contribution in [2.24, 2.45) is 7.05 Å². The number of amides is 1. The number of hydrogen-bond donors (Lipinski definition) is 2. The van der Waals surface area contributed by atoms with Gasteiger partial charge in [-0.25, -0.2) is 9.59 Å². The molecular formula is C16H17N3O6S. The van der Waals surface area contributed by atoms with Crippen molar-refractivity contribution in [3.8, 4) is 0 Å². The number of esters is 1. The fourth-order valence-electron chi connectivity index (χ4n) is 2.36. The maximum Gasteiger partial charge on any atom is 0.341 e. The highest BCUT2D eigenvalue weighted by atomic mass is 32.1. The van der Waals surface area contributed by atoms with Gasteiger partial charge in [0.2, 0.25) is 0 Å². The molecule has 0 saturated carbocycles. The molecule has 0 spiro atoms. The van der Waals surface area contributed by atoms with Gasteiger partial charge in [-0.2, -0.15) is 5.10 Å². The molecule has 0 bridgehead atoms. The molecule has 0 unspecified atom stereocenters. The highest BCUT2D eigenvalue weighted by Crippen LogP contribution is 2.34. The number of carboxylic acid groups (broad SMARTS) is 1. The number of nitrogens with one attached hydrogen (secondary N) is 1. The highest BCUT2D eigenvalue weighted by Gasteiger charge is 2.27. The number of thiophene rings is 1. The number of aromatic carboxylic acids is 1. The zero-order valence-electron chi connectivity index (χ0n) is 14.6. The molecule has 0 aliphatic heterocycles. The number of aromatic nitrogens is 2. The Morgan fingerprint density at radius 3 is 2.54 bits per heavy atom. The standard InChI is InChI=1S/C16H17N3O6S/c1-5-25-16(24)10-7(2)12(8(3)20)26-14(10)17-13(21)11-9(15(22)23)6-19(4)18-11/h6H,5H2,1-4H3,(H,17,21)(H,22,23). The van der Waals surface area contributed by atoms with Crippen molar-refractivity contribution in [2.75, 3.05) is 11.9 Å². The molecule has 0 radical (unpaired) electrons. The van der Waals surface area contributed by atoms with E-state index in [1.54, 1.807) is 13.8 Å². The fourth-order valence-corrected chi connectivity index (χ4v) is 3.45. The average molecular weight is 379 g/mol. The summed E-state index contributed by atoms with van der Waals surface area (Å²) in [6.07, 6.45) is 1.20. The first-order chi connectivity index (χ1) is 12.2. The van der Waals surface area contributed by atoms with Crippen molar-refractivity contribution in [2.45, 2.75) is 20.8 Å². The van der Waals surface area contributed by atoms with Crippen LogP contribution in [-0.4, -0.2) is 45.1 Å². The second-order valence-corrected chi connectivity index (χ2v) is 6.38. The first-order valence-corrected chi connectivity index (χ1v) is 8.38. The molecular weight excluding hydrogens is 362 g/mol. The van der Waals surface area contributed by atoms with E-state index in [9.17, 15) is 24.3 Å². The number of aryl methyl sites for hydroxylation is 1. The van der Waals surface area contributed by atoms with Crippen molar-refractivity contribution in [1.82, 2.24) is 9.78 Å². The molecule has 0 atom stereocenters. The van der Waals surface area contributed by atoms with Crippen LogP contribution in [0.25, 0.3) is 0 Å². The minimum atomic E-state index is -1.30. The van der Waals surface area contributed by atoms with Crippen molar-refractivity contribution in [3.05, 3.63) is 33.5 Å². The summed E-state index contributed by atoms with van der Waals surface area (Å²) in [5.41, 5.74) is -0.105. The number of nitrogens with zero attached hydrogens (tertiary/aromatic N) is 2. The lowest BCUT2D eigenvalue weighted by Gasteiger charge is -2.06. The van der Waals surface area contributed by atoms with Crippen LogP contribution in [-0.2, 0) is 11.8 Å². The third kappa shape index (κ3) is 3.64. The Balaban J connectivity index is 2.47. The topological polar surface area (TPSA) is 128 Å². The van der Waals surface area contributed by atoms with Crippen LogP contribution in [0.4, 0.5) is 5.00 Å². The van der Waals surface area contributed by atoms with Crippen LogP contribution >= 0.6 is 11.3 Å². The summed E-state index contributed by atoms with van der Waals surface area (Å²) < 4.78 is 6.19. The lowest BCUT2D eigenvalue weighted by atomic mass is 10.1. The zero-order valence-corrected chi connectivity index (χ0v) is 15.4. The molecule has 0 aliphatic rings. The van der Waals surface area contributed by atoms with Crippen LogP contribution in [0.15, 0.2) is 6.20 Å². The van der Waals surface area contributed by atoms with E-state index in [0.29, 0.717) is 10.4 Å². The SMILES string of the molecule is CCOC(=O)c1c(NC(=O)c2nn(C)cc2C(=O)O)sc(C(C)=O)c1C. The van der Waals surface area contributed by atoms with E-state index in [0.717, 1.165) is 11.3 Å². The van der Waals surface area contributed by atoms with Gasteiger partial charge in [-0.3, -0.25) is 14.3 Å². The third-order valence-corrected chi connectivity index (χ3v) is 4.76. The Morgan fingerprint density at radius 1 is 1.35 bits per heavy atom. The predicted molar refractivity (Wildman–Crippen MR) is 93.1 cm³/mol. The molecule has 10 heteroatoms. The number of ketones is 1. The van der Waals surface area contributed by atoms with Crippen LogP contribution in [0.3, 0.4) is 0 Å². The Hall–Kier alpha value is -3.01. The lowest BCUT2D eigenvalue weighted by molar-refractivity contribution is 0.0526. The monoisotopic (exact) mass is 379 g/mol. The molecule has 0 aromatic carbocycles. The second-order valence-electron chi connectivity index (χ2n) is 5.36. The molecule has 9 nitrogen and oxygen atoms in total. The summed E-state index contributed by atoms with van der Waals surface area (Å²) in [4.78, 5) is 48.0. The molecule has 138 valence electrons. The number of carbonyl (C=O) groups is 4. The Bertz CT molecular complexity index is 911. The summed E-state index contributed by atoms with van der Waals surface area (Å²) >= 11 is 0.928. The quantitative estimate of drug-likeness (QED) is 0.581. The smallest absolute Gasteiger partial charge is 0.341 e. The molecule has 0 aliphatic carbocycles. The van der Waals surface area contributed by atoms with Crippen molar-refractivity contribution >= 4 is 40.0 Å². The summed E-state index contributed by atoms with van der Waals surface area (Å²) in [7, 11) is 1.48. The van der Waals surface area contributed by atoms with E-state index in [1.807, 2.05) is 0 Å². The van der Waals surface area contributed by atoms with E-state index in [1.165, 1.54) is 24.9 Å². The molecule has 2 N–H and O–H groups in total. The zero-order chi connectivity index (χ0) is 19.6. The number of Topliss-reactive ketones (excluding diaryl/α,β-unsaturated/α-hetero) is 1. The van der Waals surface area contributed by atoms with Gasteiger partial charge in [-0.05, 0) is 26.3 Å². The van der Waals surface area contributed by atoms with Gasteiger partial charge >= 0.3 is 11.9 Å². The number of carbonyl (C=O) groups excluding carboxylic acids is 3. The van der Waals surface area contributed by atoms with Gasteiger partial charge in [-0.1, -0.05) is 0 Å². The minimum Gasteiger partial charge on any atom is -0.478 e. The molecule has 0 saturated heterocycles. The first-order valence-electron chi connectivity index (χ1n) is 7.57. The van der Waals surface area contributed by atoms with Gasteiger partial charge in [0.1, 0.15) is 10.6 Å². The van der Waals surface area contributed by atoms with E-state index in [-0.39, 0.29) is 34.2 Å².